The van der Waals surface area contributed by atoms with Gasteiger partial charge in [-0.25, -0.2) is 4.98 Å². The van der Waals surface area contributed by atoms with Gasteiger partial charge in [-0.1, -0.05) is 6.07 Å². The van der Waals surface area contributed by atoms with E-state index in [9.17, 15) is 13.2 Å². The number of amidine groups is 1. The summed E-state index contributed by atoms with van der Waals surface area (Å²) in [5.74, 6) is -0.420. The highest BCUT2D eigenvalue weighted by molar-refractivity contribution is 6.45. The van der Waals surface area contributed by atoms with Crippen LogP contribution in [0.3, 0.4) is 0 Å². The molecule has 4 N–H and O–H groups in total. The molecule has 0 aliphatic heterocycles. The molecular formula is C15H11F3N6O. The molecule has 0 radical (unpaired) electrons. The molecule has 0 saturated heterocycles. The fraction of sp³-hybridized carbons (Fsp3) is 0.0667. The third kappa shape index (κ3) is 4.93. The number of nitrogens with two attached hydrogens (primary N) is 1. The van der Waals surface area contributed by atoms with Crippen molar-refractivity contribution in [1.82, 2.24) is 4.98 Å². The Kier molecular flexibility index (Phi) is 5.18. The van der Waals surface area contributed by atoms with Crippen molar-refractivity contribution in [2.45, 2.75) is 6.18 Å². The quantitative estimate of drug-likeness (QED) is 0.435. The van der Waals surface area contributed by atoms with Gasteiger partial charge in [-0.2, -0.15) is 23.5 Å². The minimum atomic E-state index is -4.56. The minimum absolute atomic E-state index is 0.197. The molecule has 0 amide bonds. The summed E-state index contributed by atoms with van der Waals surface area (Å²) in [6.45, 7) is 0. The molecule has 0 atom stereocenters. The van der Waals surface area contributed by atoms with E-state index in [2.05, 4.69) is 15.5 Å². The molecule has 0 aliphatic carbocycles. The number of benzene rings is 1. The van der Waals surface area contributed by atoms with Crippen LogP contribution in [0.4, 0.5) is 18.9 Å². The monoisotopic (exact) mass is 348 g/mol. The van der Waals surface area contributed by atoms with Crippen LogP contribution in [0.1, 0.15) is 5.69 Å². The van der Waals surface area contributed by atoms with Gasteiger partial charge in [-0.3, -0.25) is 10.8 Å². The lowest BCUT2D eigenvalue weighted by molar-refractivity contribution is -0.141. The molecule has 2 rings (SSSR count). The number of nitrogens with one attached hydrogen (secondary N) is 2. The minimum Gasteiger partial charge on any atom is -0.439 e. The molecule has 7 nitrogen and oxygen atoms in total. The first-order chi connectivity index (χ1) is 11.8. The molecule has 128 valence electrons. The maximum absolute atomic E-state index is 12.6. The molecule has 0 spiro atoms. The van der Waals surface area contributed by atoms with Gasteiger partial charge in [0.25, 0.3) is 0 Å². The van der Waals surface area contributed by atoms with Crippen LogP contribution < -0.4 is 15.9 Å². The van der Waals surface area contributed by atoms with Crippen molar-refractivity contribution >= 4 is 17.2 Å². The van der Waals surface area contributed by atoms with Crippen molar-refractivity contribution in [3.05, 3.63) is 48.2 Å². The largest absolute Gasteiger partial charge is 0.439 e. The third-order valence-electron chi connectivity index (χ3n) is 2.75. The van der Waals surface area contributed by atoms with Crippen LogP contribution in [0.25, 0.3) is 0 Å². The van der Waals surface area contributed by atoms with Crippen LogP contribution >= 0.6 is 0 Å². The summed E-state index contributed by atoms with van der Waals surface area (Å²) in [5.41, 5.74) is 6.79. The number of hydrogen-bond donors (Lipinski definition) is 3. The Labute approximate surface area is 140 Å². The number of nitrogens with zero attached hydrogens (tertiary/aromatic N) is 3. The van der Waals surface area contributed by atoms with Crippen LogP contribution in [-0.2, 0) is 6.18 Å². The smallest absolute Gasteiger partial charge is 0.433 e. The number of hydrogen-bond acceptors (Lipinski definition) is 6. The van der Waals surface area contributed by atoms with Crippen molar-refractivity contribution in [3.8, 4) is 17.7 Å². The van der Waals surface area contributed by atoms with Crippen LogP contribution in [0.5, 0.6) is 11.6 Å². The Morgan fingerprint density at radius 2 is 1.92 bits per heavy atom. The fourth-order valence-corrected chi connectivity index (χ4v) is 1.61. The molecule has 1 heterocycles. The van der Waals surface area contributed by atoms with E-state index in [0.29, 0.717) is 5.69 Å². The molecule has 0 aliphatic rings. The lowest BCUT2D eigenvalue weighted by Crippen LogP contribution is -2.21. The average Bonchev–Trinajstić information content (AvgIpc) is 2.56. The molecule has 1 aromatic heterocycles. The second-order valence-corrected chi connectivity index (χ2v) is 4.58. The van der Waals surface area contributed by atoms with Gasteiger partial charge in [0.05, 0.1) is 5.69 Å². The van der Waals surface area contributed by atoms with E-state index < -0.39 is 17.7 Å². The molecule has 0 bridgehead atoms. The van der Waals surface area contributed by atoms with E-state index in [-0.39, 0.29) is 17.3 Å². The van der Waals surface area contributed by atoms with Crippen molar-refractivity contribution in [2.24, 2.45) is 10.8 Å². The van der Waals surface area contributed by atoms with Gasteiger partial charge in [0.2, 0.25) is 11.6 Å². The molecule has 0 fully saturated rings. The summed E-state index contributed by atoms with van der Waals surface area (Å²) in [7, 11) is 0. The molecular weight excluding hydrogens is 337 g/mol. The van der Waals surface area contributed by atoms with Crippen LogP contribution in [0.15, 0.2) is 47.6 Å². The predicted molar refractivity (Wildman–Crippen MR) is 84.3 cm³/mol. The molecule has 0 unspecified atom stereocenters. The number of ether oxygens (including phenoxy) is 1. The first kappa shape index (κ1) is 17.7. The number of anilines is 1. The van der Waals surface area contributed by atoms with E-state index in [0.717, 1.165) is 6.07 Å². The second-order valence-electron chi connectivity index (χ2n) is 4.58. The van der Waals surface area contributed by atoms with Gasteiger partial charge >= 0.3 is 6.18 Å². The van der Waals surface area contributed by atoms with E-state index >= 15 is 0 Å². The Hall–Kier alpha value is -3.61. The van der Waals surface area contributed by atoms with Gasteiger partial charge in [0.15, 0.2) is 5.84 Å². The normalized spacial score (nSPS) is 11.5. The summed E-state index contributed by atoms with van der Waals surface area (Å²) in [6.07, 6.45) is -4.56. The van der Waals surface area contributed by atoms with Gasteiger partial charge in [0.1, 0.15) is 17.5 Å². The number of aromatic nitrogens is 1. The van der Waals surface area contributed by atoms with Crippen molar-refractivity contribution in [3.63, 3.8) is 0 Å². The number of hydrazone groups is 1. The number of rotatable bonds is 5. The molecule has 1 aromatic carbocycles. The lowest BCUT2D eigenvalue weighted by Gasteiger charge is -2.09. The average molecular weight is 348 g/mol. The maximum atomic E-state index is 12.6. The summed E-state index contributed by atoms with van der Waals surface area (Å²) < 4.78 is 43.1. The molecule has 10 heteroatoms. The Bertz CT molecular complexity index is 840. The zero-order valence-electron chi connectivity index (χ0n) is 12.5. The fourth-order valence-electron chi connectivity index (χ4n) is 1.61. The third-order valence-corrected chi connectivity index (χ3v) is 2.75. The molecule has 25 heavy (non-hydrogen) atoms. The molecule has 2 aromatic rings. The summed E-state index contributed by atoms with van der Waals surface area (Å²) in [6, 6.07) is 11.0. The summed E-state index contributed by atoms with van der Waals surface area (Å²) in [5, 5.41) is 19.5. The standard InChI is InChI=1S/C15H11F3N6O/c16-15(17,18)12-2-1-3-13(22-12)25-10-6-4-9(5-7-10)23-24-11(8-19)14(20)21/h1-7,23H,(H3,20,21)/b24-11+. The van der Waals surface area contributed by atoms with Gasteiger partial charge in [0, 0.05) is 6.07 Å². The number of alkyl halides is 3. The zero-order valence-corrected chi connectivity index (χ0v) is 12.5. The number of nitriles is 1. The number of halogens is 3. The second kappa shape index (κ2) is 7.31. The first-order valence-electron chi connectivity index (χ1n) is 6.70. The van der Waals surface area contributed by atoms with Crippen LogP contribution in [0.2, 0.25) is 0 Å². The van der Waals surface area contributed by atoms with Gasteiger partial charge in [-0.05, 0) is 30.3 Å². The van der Waals surface area contributed by atoms with Crippen molar-refractivity contribution in [1.29, 1.82) is 10.7 Å². The van der Waals surface area contributed by atoms with Gasteiger partial charge in [-0.15, -0.1) is 0 Å². The predicted octanol–water partition coefficient (Wildman–Crippen LogP) is 3.12. The topological polar surface area (TPSA) is 120 Å². The van der Waals surface area contributed by atoms with E-state index in [1.54, 1.807) is 6.07 Å². The highest BCUT2D eigenvalue weighted by Gasteiger charge is 2.32. The van der Waals surface area contributed by atoms with E-state index in [4.69, 9.17) is 21.1 Å². The Morgan fingerprint density at radius 3 is 2.48 bits per heavy atom. The number of pyridine rings is 1. The van der Waals surface area contributed by atoms with Crippen LogP contribution in [0, 0.1) is 16.7 Å². The van der Waals surface area contributed by atoms with Crippen molar-refractivity contribution in [2.75, 3.05) is 5.43 Å². The van der Waals surface area contributed by atoms with E-state index in [1.165, 1.54) is 36.4 Å². The first-order valence-corrected chi connectivity index (χ1v) is 6.70. The zero-order chi connectivity index (χ0) is 18.4. The van der Waals surface area contributed by atoms with Gasteiger partial charge < -0.3 is 10.5 Å². The Morgan fingerprint density at radius 1 is 1.24 bits per heavy atom. The lowest BCUT2D eigenvalue weighted by atomic mass is 10.3. The van der Waals surface area contributed by atoms with Crippen LogP contribution in [-0.4, -0.2) is 16.5 Å². The molecule has 0 saturated carbocycles. The summed E-state index contributed by atoms with van der Waals surface area (Å²) in [4.78, 5) is 3.39. The summed E-state index contributed by atoms with van der Waals surface area (Å²) >= 11 is 0. The van der Waals surface area contributed by atoms with E-state index in [1.807, 2.05) is 0 Å². The highest BCUT2D eigenvalue weighted by atomic mass is 19.4. The van der Waals surface area contributed by atoms with Crippen molar-refractivity contribution < 1.29 is 17.9 Å². The maximum Gasteiger partial charge on any atom is 0.433 e. The highest BCUT2D eigenvalue weighted by Crippen LogP contribution is 2.30. The Balaban J connectivity index is 2.09. The SMILES string of the molecule is N#C/C(=N\Nc1ccc(Oc2cccc(C(F)(F)F)n2)cc1)C(=N)N.